The number of hydrogen-bond donors (Lipinski definition) is 1. The molecule has 1 amide bonds. The zero-order valence-electron chi connectivity index (χ0n) is 12.7. The van der Waals surface area contributed by atoms with E-state index in [1.165, 1.54) is 11.1 Å². The summed E-state index contributed by atoms with van der Waals surface area (Å²) >= 11 is 0. The second-order valence-corrected chi connectivity index (χ2v) is 5.52. The van der Waals surface area contributed by atoms with Crippen LogP contribution in [-0.4, -0.2) is 43.2 Å². The molecule has 1 aliphatic heterocycles. The number of benzene rings is 1. The van der Waals surface area contributed by atoms with Gasteiger partial charge in [-0.15, -0.1) is 12.4 Å². The van der Waals surface area contributed by atoms with Gasteiger partial charge < -0.3 is 15.4 Å². The van der Waals surface area contributed by atoms with Crippen LogP contribution in [0.2, 0.25) is 0 Å². The van der Waals surface area contributed by atoms with Gasteiger partial charge in [0, 0.05) is 19.7 Å². The highest BCUT2D eigenvalue weighted by molar-refractivity contribution is 5.85. The molecule has 2 atom stereocenters. The maximum absolute atomic E-state index is 12.3. The maximum atomic E-state index is 12.3. The summed E-state index contributed by atoms with van der Waals surface area (Å²) in [6.45, 7) is 3.21. The van der Waals surface area contributed by atoms with Gasteiger partial charge in [0.25, 0.3) is 0 Å². The summed E-state index contributed by atoms with van der Waals surface area (Å²) in [4.78, 5) is 14.3. The number of nitrogens with two attached hydrogens (primary N) is 1. The summed E-state index contributed by atoms with van der Waals surface area (Å²) in [6, 6.07) is 8.09. The van der Waals surface area contributed by atoms with Crippen LogP contribution in [0, 0.1) is 6.92 Å². The Morgan fingerprint density at radius 2 is 2.19 bits per heavy atom. The van der Waals surface area contributed by atoms with E-state index >= 15 is 0 Å². The summed E-state index contributed by atoms with van der Waals surface area (Å²) in [6.07, 6.45) is 3.03. The van der Waals surface area contributed by atoms with Crippen LogP contribution in [0.4, 0.5) is 0 Å². The standard InChI is InChI=1S/C16H24N2O2.ClH/c1-12-6-3-4-7-13(12)10-14-8-5-9-18(14)16(19)15(17)11-20-2;/h3-4,6-7,14-15H,5,8-11,17H2,1-2H3;1H. The highest BCUT2D eigenvalue weighted by atomic mass is 35.5. The van der Waals surface area contributed by atoms with Gasteiger partial charge in [-0.25, -0.2) is 0 Å². The number of ether oxygens (including phenoxy) is 1. The molecule has 0 bridgehead atoms. The lowest BCUT2D eigenvalue weighted by Crippen LogP contribution is -2.48. The molecule has 5 heteroatoms. The van der Waals surface area contributed by atoms with Crippen molar-refractivity contribution in [2.75, 3.05) is 20.3 Å². The van der Waals surface area contributed by atoms with Crippen LogP contribution in [0.5, 0.6) is 0 Å². The van der Waals surface area contributed by atoms with Crippen molar-refractivity contribution in [3.63, 3.8) is 0 Å². The molecule has 0 spiro atoms. The lowest BCUT2D eigenvalue weighted by molar-refractivity contribution is -0.134. The Morgan fingerprint density at radius 3 is 2.86 bits per heavy atom. The van der Waals surface area contributed by atoms with E-state index in [0.717, 1.165) is 25.8 Å². The fourth-order valence-corrected chi connectivity index (χ4v) is 2.89. The summed E-state index contributed by atoms with van der Waals surface area (Å²) in [7, 11) is 1.57. The highest BCUT2D eigenvalue weighted by Crippen LogP contribution is 2.23. The van der Waals surface area contributed by atoms with Crippen molar-refractivity contribution >= 4 is 18.3 Å². The molecule has 21 heavy (non-hydrogen) atoms. The maximum Gasteiger partial charge on any atom is 0.242 e. The van der Waals surface area contributed by atoms with Crippen LogP contribution in [-0.2, 0) is 16.0 Å². The Labute approximate surface area is 133 Å². The van der Waals surface area contributed by atoms with E-state index < -0.39 is 6.04 Å². The van der Waals surface area contributed by atoms with E-state index in [-0.39, 0.29) is 31.0 Å². The molecule has 1 saturated heterocycles. The number of amides is 1. The molecule has 1 aromatic carbocycles. The van der Waals surface area contributed by atoms with E-state index in [0.29, 0.717) is 0 Å². The minimum Gasteiger partial charge on any atom is -0.383 e. The quantitative estimate of drug-likeness (QED) is 0.904. The topological polar surface area (TPSA) is 55.6 Å². The van der Waals surface area contributed by atoms with Gasteiger partial charge in [0.2, 0.25) is 5.91 Å². The van der Waals surface area contributed by atoms with Crippen LogP contribution in [0.25, 0.3) is 0 Å². The molecule has 118 valence electrons. The van der Waals surface area contributed by atoms with E-state index in [2.05, 4.69) is 25.1 Å². The zero-order chi connectivity index (χ0) is 14.5. The van der Waals surface area contributed by atoms with Crippen LogP contribution in [0.3, 0.4) is 0 Å². The number of methoxy groups -OCH3 is 1. The molecular formula is C16H25ClN2O2. The summed E-state index contributed by atoms with van der Waals surface area (Å²) in [5.41, 5.74) is 8.48. The van der Waals surface area contributed by atoms with Crippen molar-refractivity contribution in [3.05, 3.63) is 35.4 Å². The third-order valence-corrected chi connectivity index (χ3v) is 4.04. The number of halogens is 1. The molecule has 1 aromatic rings. The largest absolute Gasteiger partial charge is 0.383 e. The van der Waals surface area contributed by atoms with Gasteiger partial charge in [-0.1, -0.05) is 24.3 Å². The van der Waals surface area contributed by atoms with E-state index in [4.69, 9.17) is 10.5 Å². The zero-order valence-corrected chi connectivity index (χ0v) is 13.6. The van der Waals surface area contributed by atoms with Gasteiger partial charge in [0.15, 0.2) is 0 Å². The van der Waals surface area contributed by atoms with Crippen LogP contribution in [0.15, 0.2) is 24.3 Å². The first kappa shape index (κ1) is 18.0. The van der Waals surface area contributed by atoms with Gasteiger partial charge in [-0.2, -0.15) is 0 Å². The average Bonchev–Trinajstić information content (AvgIpc) is 2.89. The molecule has 0 aliphatic carbocycles. The number of aryl methyl sites for hydroxylation is 1. The number of nitrogens with zero attached hydrogens (tertiary/aromatic N) is 1. The molecule has 1 heterocycles. The van der Waals surface area contributed by atoms with E-state index in [1.807, 2.05) is 11.0 Å². The molecule has 2 rings (SSSR count). The van der Waals surface area contributed by atoms with Crippen molar-refractivity contribution in [2.24, 2.45) is 5.73 Å². The number of carbonyl (C=O) groups is 1. The lowest BCUT2D eigenvalue weighted by atomic mass is 9.99. The smallest absolute Gasteiger partial charge is 0.242 e. The third-order valence-electron chi connectivity index (χ3n) is 4.04. The normalized spacial score (nSPS) is 19.2. The van der Waals surface area contributed by atoms with Gasteiger partial charge in [-0.3, -0.25) is 4.79 Å². The molecular weight excluding hydrogens is 288 g/mol. The first-order valence-corrected chi connectivity index (χ1v) is 7.23. The third kappa shape index (κ3) is 4.43. The first-order chi connectivity index (χ1) is 9.63. The Kier molecular flexibility index (Phi) is 7.15. The van der Waals surface area contributed by atoms with Crippen molar-refractivity contribution in [1.82, 2.24) is 4.90 Å². The summed E-state index contributed by atoms with van der Waals surface area (Å²) in [5, 5.41) is 0. The molecule has 0 aromatic heterocycles. The van der Waals surface area contributed by atoms with E-state index in [1.54, 1.807) is 7.11 Å². The molecule has 1 aliphatic rings. The van der Waals surface area contributed by atoms with Gasteiger partial charge in [0.1, 0.15) is 6.04 Å². The monoisotopic (exact) mass is 312 g/mol. The van der Waals surface area contributed by atoms with Crippen molar-refractivity contribution in [1.29, 1.82) is 0 Å². The van der Waals surface area contributed by atoms with Gasteiger partial charge in [-0.05, 0) is 37.3 Å². The van der Waals surface area contributed by atoms with Crippen molar-refractivity contribution in [2.45, 2.75) is 38.3 Å². The van der Waals surface area contributed by atoms with Crippen LogP contribution >= 0.6 is 12.4 Å². The first-order valence-electron chi connectivity index (χ1n) is 7.23. The number of likely N-dealkylation sites (tertiary alicyclic amines) is 1. The fraction of sp³-hybridized carbons (Fsp3) is 0.562. The molecule has 0 saturated carbocycles. The molecule has 1 fully saturated rings. The Balaban J connectivity index is 0.00000220. The summed E-state index contributed by atoms with van der Waals surface area (Å²) in [5.74, 6) is 0.0166. The minimum absolute atomic E-state index is 0. The van der Waals surface area contributed by atoms with Crippen molar-refractivity contribution in [3.8, 4) is 0 Å². The Bertz CT molecular complexity index is 467. The van der Waals surface area contributed by atoms with Crippen LogP contribution < -0.4 is 5.73 Å². The van der Waals surface area contributed by atoms with Crippen LogP contribution in [0.1, 0.15) is 24.0 Å². The predicted octanol–water partition coefficient (Wildman–Crippen LogP) is 1.92. The van der Waals surface area contributed by atoms with E-state index in [9.17, 15) is 4.79 Å². The Morgan fingerprint density at radius 1 is 1.48 bits per heavy atom. The molecule has 2 N–H and O–H groups in total. The molecule has 2 unspecified atom stereocenters. The molecule has 0 radical (unpaired) electrons. The summed E-state index contributed by atoms with van der Waals surface area (Å²) < 4.78 is 4.98. The number of rotatable bonds is 5. The Hall–Kier alpha value is -1.10. The van der Waals surface area contributed by atoms with Gasteiger partial charge in [0.05, 0.1) is 6.61 Å². The number of carbonyl (C=O) groups excluding carboxylic acids is 1. The highest BCUT2D eigenvalue weighted by Gasteiger charge is 2.31. The second kappa shape index (κ2) is 8.37. The van der Waals surface area contributed by atoms with Gasteiger partial charge >= 0.3 is 0 Å². The second-order valence-electron chi connectivity index (χ2n) is 5.52. The lowest BCUT2D eigenvalue weighted by Gasteiger charge is -2.27. The predicted molar refractivity (Wildman–Crippen MR) is 86.7 cm³/mol. The number of hydrogen-bond acceptors (Lipinski definition) is 3. The SMILES string of the molecule is COCC(N)C(=O)N1CCCC1Cc1ccccc1C.Cl. The fourth-order valence-electron chi connectivity index (χ4n) is 2.89. The minimum atomic E-state index is -0.544. The van der Waals surface area contributed by atoms with Crippen molar-refractivity contribution < 1.29 is 9.53 Å². The molecule has 4 nitrogen and oxygen atoms in total. The average molecular weight is 313 g/mol.